The van der Waals surface area contributed by atoms with E-state index in [9.17, 15) is 0 Å². The van der Waals surface area contributed by atoms with Crippen molar-refractivity contribution in [1.29, 1.82) is 0 Å². The van der Waals surface area contributed by atoms with E-state index in [0.29, 0.717) is 0 Å². The minimum atomic E-state index is 1.28. The number of benzene rings is 3. The Bertz CT molecular complexity index is 857. The van der Waals surface area contributed by atoms with Gasteiger partial charge in [-0.15, -0.1) is 11.3 Å². The zero-order valence-corrected chi connectivity index (χ0v) is 11.2. The summed E-state index contributed by atoms with van der Waals surface area (Å²) in [5.74, 6) is 0. The van der Waals surface area contributed by atoms with E-state index < -0.39 is 0 Å². The molecule has 0 aliphatic carbocycles. The van der Waals surface area contributed by atoms with E-state index in [2.05, 4.69) is 72.8 Å². The topological polar surface area (TPSA) is 0 Å². The van der Waals surface area contributed by atoms with Crippen molar-refractivity contribution in [1.82, 2.24) is 0 Å². The Hall–Kier alpha value is -2.12. The average molecular weight is 260 g/mol. The molecule has 19 heavy (non-hydrogen) atoms. The highest BCUT2D eigenvalue weighted by Gasteiger charge is 2.05. The summed E-state index contributed by atoms with van der Waals surface area (Å²) in [6, 6.07) is 26.0. The number of hydrogen-bond acceptors (Lipinski definition) is 1. The predicted octanol–water partition coefficient (Wildman–Crippen LogP) is 5.72. The summed E-state index contributed by atoms with van der Waals surface area (Å²) in [4.78, 5) is 0. The first-order valence-corrected chi connectivity index (χ1v) is 7.20. The van der Waals surface area contributed by atoms with E-state index in [1.165, 1.54) is 31.3 Å². The van der Waals surface area contributed by atoms with Crippen molar-refractivity contribution in [3.8, 4) is 11.1 Å². The average Bonchev–Trinajstić information content (AvgIpc) is 2.86. The lowest BCUT2D eigenvalue weighted by Crippen LogP contribution is -1.76. The molecule has 1 heteroatoms. The second-order valence-corrected chi connectivity index (χ2v) is 5.76. The first-order chi connectivity index (χ1) is 9.42. The van der Waals surface area contributed by atoms with Crippen LogP contribution in [0.15, 0.2) is 72.8 Å². The van der Waals surface area contributed by atoms with Crippen molar-refractivity contribution in [2.24, 2.45) is 0 Å². The first-order valence-electron chi connectivity index (χ1n) is 6.38. The lowest BCUT2D eigenvalue weighted by Gasteiger charge is -2.01. The fourth-order valence-corrected chi connectivity index (χ4v) is 3.62. The second-order valence-electron chi connectivity index (χ2n) is 4.68. The van der Waals surface area contributed by atoms with Gasteiger partial charge >= 0.3 is 0 Å². The minimum Gasteiger partial charge on any atom is -0.135 e. The molecule has 0 saturated carbocycles. The smallest absolute Gasteiger partial charge is 0.0355 e. The van der Waals surface area contributed by atoms with E-state index in [0.717, 1.165) is 0 Å². The van der Waals surface area contributed by atoms with Gasteiger partial charge in [0, 0.05) is 20.2 Å². The maximum atomic E-state index is 2.31. The van der Waals surface area contributed by atoms with Crippen molar-refractivity contribution in [3.63, 3.8) is 0 Å². The first kappa shape index (κ1) is 10.8. The molecule has 3 aromatic carbocycles. The SMILES string of the molecule is c1ccc(-c2ccc3sc4ccccc4c3c2)cc1. The Balaban J connectivity index is 2.03. The summed E-state index contributed by atoms with van der Waals surface area (Å²) < 4.78 is 2.73. The highest BCUT2D eigenvalue weighted by Crippen LogP contribution is 2.35. The van der Waals surface area contributed by atoms with Gasteiger partial charge in [-0.2, -0.15) is 0 Å². The van der Waals surface area contributed by atoms with Gasteiger partial charge in [-0.1, -0.05) is 54.6 Å². The normalized spacial score (nSPS) is 11.2. The van der Waals surface area contributed by atoms with Gasteiger partial charge in [0.2, 0.25) is 0 Å². The fourth-order valence-electron chi connectivity index (χ4n) is 2.54. The van der Waals surface area contributed by atoms with Gasteiger partial charge in [0.05, 0.1) is 0 Å². The molecular weight excluding hydrogens is 248 g/mol. The van der Waals surface area contributed by atoms with E-state index in [-0.39, 0.29) is 0 Å². The third-order valence-electron chi connectivity index (χ3n) is 3.48. The zero-order valence-electron chi connectivity index (χ0n) is 10.3. The predicted molar refractivity (Wildman–Crippen MR) is 84.8 cm³/mol. The molecule has 0 nitrogen and oxygen atoms in total. The molecule has 0 radical (unpaired) electrons. The molecule has 1 heterocycles. The molecule has 0 amide bonds. The van der Waals surface area contributed by atoms with Gasteiger partial charge in [0.15, 0.2) is 0 Å². The van der Waals surface area contributed by atoms with Crippen LogP contribution in [0.2, 0.25) is 0 Å². The molecule has 1 aromatic heterocycles. The van der Waals surface area contributed by atoms with E-state index in [1.54, 1.807) is 0 Å². The largest absolute Gasteiger partial charge is 0.135 e. The van der Waals surface area contributed by atoms with Gasteiger partial charge in [0.25, 0.3) is 0 Å². The molecule has 4 aromatic rings. The number of hydrogen-bond donors (Lipinski definition) is 0. The number of thiophene rings is 1. The highest BCUT2D eigenvalue weighted by molar-refractivity contribution is 7.25. The van der Waals surface area contributed by atoms with E-state index >= 15 is 0 Å². The van der Waals surface area contributed by atoms with Crippen LogP contribution < -0.4 is 0 Å². The van der Waals surface area contributed by atoms with E-state index in [4.69, 9.17) is 0 Å². The van der Waals surface area contributed by atoms with Crippen molar-refractivity contribution in [2.45, 2.75) is 0 Å². The maximum absolute atomic E-state index is 2.31. The lowest BCUT2D eigenvalue weighted by atomic mass is 10.0. The van der Waals surface area contributed by atoms with Crippen molar-refractivity contribution in [3.05, 3.63) is 72.8 Å². The van der Waals surface area contributed by atoms with Crippen LogP contribution in [-0.2, 0) is 0 Å². The summed E-state index contributed by atoms with van der Waals surface area (Å²) in [5.41, 5.74) is 2.57. The third-order valence-corrected chi connectivity index (χ3v) is 4.64. The molecule has 0 bridgehead atoms. The van der Waals surface area contributed by atoms with Gasteiger partial charge in [-0.05, 0) is 29.3 Å². The summed E-state index contributed by atoms with van der Waals surface area (Å²) in [7, 11) is 0. The van der Waals surface area contributed by atoms with Gasteiger partial charge in [-0.25, -0.2) is 0 Å². The van der Waals surface area contributed by atoms with Crippen LogP contribution in [0.3, 0.4) is 0 Å². The molecule has 0 aliphatic rings. The van der Waals surface area contributed by atoms with Crippen LogP contribution in [0.5, 0.6) is 0 Å². The van der Waals surface area contributed by atoms with Crippen LogP contribution >= 0.6 is 11.3 Å². The van der Waals surface area contributed by atoms with Gasteiger partial charge < -0.3 is 0 Å². The zero-order chi connectivity index (χ0) is 12.7. The Kier molecular flexibility index (Phi) is 2.39. The molecule has 0 N–H and O–H groups in total. The van der Waals surface area contributed by atoms with Crippen LogP contribution in [0.25, 0.3) is 31.3 Å². The molecule has 0 unspecified atom stereocenters. The lowest BCUT2D eigenvalue weighted by molar-refractivity contribution is 1.66. The van der Waals surface area contributed by atoms with Gasteiger partial charge in [-0.3, -0.25) is 0 Å². The van der Waals surface area contributed by atoms with Crippen LogP contribution in [0.1, 0.15) is 0 Å². The quantitative estimate of drug-likeness (QED) is 0.410. The Morgan fingerprint density at radius 3 is 2.16 bits per heavy atom. The van der Waals surface area contributed by atoms with Gasteiger partial charge in [0.1, 0.15) is 0 Å². The maximum Gasteiger partial charge on any atom is 0.0355 e. The summed E-state index contributed by atoms with van der Waals surface area (Å²) in [5, 5.41) is 2.72. The Morgan fingerprint density at radius 1 is 0.526 bits per heavy atom. The van der Waals surface area contributed by atoms with E-state index in [1.807, 2.05) is 11.3 Å². The highest BCUT2D eigenvalue weighted by atomic mass is 32.1. The Labute approximate surface area is 115 Å². The van der Waals surface area contributed by atoms with Crippen molar-refractivity contribution >= 4 is 31.5 Å². The third kappa shape index (κ3) is 1.74. The number of rotatable bonds is 1. The standard InChI is InChI=1S/C18H12S/c1-2-6-13(7-3-1)14-10-11-18-16(12-14)15-8-4-5-9-17(15)19-18/h1-12H. The molecule has 0 aliphatic heterocycles. The monoisotopic (exact) mass is 260 g/mol. The van der Waals surface area contributed by atoms with Crippen LogP contribution in [0.4, 0.5) is 0 Å². The summed E-state index contributed by atoms with van der Waals surface area (Å²) in [6.07, 6.45) is 0. The minimum absolute atomic E-state index is 1.28. The van der Waals surface area contributed by atoms with Crippen LogP contribution in [0, 0.1) is 0 Å². The molecule has 90 valence electrons. The molecule has 0 atom stereocenters. The fraction of sp³-hybridized carbons (Fsp3) is 0. The second kappa shape index (κ2) is 4.22. The number of fused-ring (bicyclic) bond motifs is 3. The molecule has 0 spiro atoms. The van der Waals surface area contributed by atoms with Crippen molar-refractivity contribution in [2.75, 3.05) is 0 Å². The molecule has 0 fully saturated rings. The molecular formula is C18H12S. The van der Waals surface area contributed by atoms with Crippen molar-refractivity contribution < 1.29 is 0 Å². The Morgan fingerprint density at radius 2 is 1.26 bits per heavy atom. The summed E-state index contributed by atoms with van der Waals surface area (Å²) in [6.45, 7) is 0. The molecule has 0 saturated heterocycles. The van der Waals surface area contributed by atoms with Crippen LogP contribution in [-0.4, -0.2) is 0 Å². The molecule has 4 rings (SSSR count). The summed E-state index contributed by atoms with van der Waals surface area (Å²) >= 11 is 1.87.